The van der Waals surface area contributed by atoms with E-state index in [0.717, 1.165) is 0 Å². The molecule has 0 radical (unpaired) electrons. The van der Waals surface area contributed by atoms with Gasteiger partial charge in [0.1, 0.15) is 0 Å². The molecule has 0 fully saturated rings. The van der Waals surface area contributed by atoms with Crippen molar-refractivity contribution in [2.24, 2.45) is 5.41 Å². The van der Waals surface area contributed by atoms with Crippen LogP contribution in [0, 0.1) is 5.41 Å². The summed E-state index contributed by atoms with van der Waals surface area (Å²) in [5.74, 6) is -0.930. The van der Waals surface area contributed by atoms with Gasteiger partial charge in [-0.1, -0.05) is 0 Å². The second kappa shape index (κ2) is 4.95. The van der Waals surface area contributed by atoms with Crippen molar-refractivity contribution in [3.05, 3.63) is 18.2 Å². The number of hydrogen-bond acceptors (Lipinski definition) is 4. The molecule has 2 N–H and O–H groups in total. The van der Waals surface area contributed by atoms with Crippen LogP contribution < -0.4 is 14.8 Å². The van der Waals surface area contributed by atoms with E-state index < -0.39 is 17.2 Å². The number of aliphatic carboxylic acids is 1. The maximum Gasteiger partial charge on any atom is 0.309 e. The van der Waals surface area contributed by atoms with E-state index in [0.29, 0.717) is 17.2 Å². The Labute approximate surface area is 123 Å². The van der Waals surface area contributed by atoms with E-state index in [-0.39, 0.29) is 12.3 Å². The Morgan fingerprint density at radius 3 is 2.48 bits per heavy atom. The molecule has 1 aliphatic rings. The van der Waals surface area contributed by atoms with E-state index in [2.05, 4.69) is 5.32 Å². The van der Waals surface area contributed by atoms with Crippen LogP contribution in [0.3, 0.4) is 0 Å². The van der Waals surface area contributed by atoms with Crippen molar-refractivity contribution in [3.8, 4) is 11.5 Å². The number of nitrogens with one attached hydrogen (secondary N) is 1. The molecule has 1 aliphatic heterocycles. The molecular weight excluding hydrogens is 274 g/mol. The van der Waals surface area contributed by atoms with Gasteiger partial charge in [0, 0.05) is 32.0 Å². The molecule has 0 saturated carbocycles. The number of ether oxygens (including phenoxy) is 2. The highest BCUT2D eigenvalue weighted by Crippen LogP contribution is 2.40. The van der Waals surface area contributed by atoms with E-state index in [1.54, 1.807) is 32.0 Å². The van der Waals surface area contributed by atoms with Gasteiger partial charge in [0.25, 0.3) is 0 Å². The number of hydrogen-bond donors (Lipinski definition) is 2. The lowest BCUT2D eigenvalue weighted by atomic mass is 9.89. The largest absolute Gasteiger partial charge is 0.481 e. The topological polar surface area (TPSA) is 84.9 Å². The van der Waals surface area contributed by atoms with Gasteiger partial charge in [-0.2, -0.15) is 0 Å². The van der Waals surface area contributed by atoms with Crippen molar-refractivity contribution in [1.82, 2.24) is 0 Å². The van der Waals surface area contributed by atoms with Crippen LogP contribution in [0.1, 0.15) is 34.1 Å². The summed E-state index contributed by atoms with van der Waals surface area (Å²) in [6.07, 6.45) is -0.109. The normalized spacial score (nSPS) is 15.6. The average molecular weight is 293 g/mol. The van der Waals surface area contributed by atoms with Gasteiger partial charge in [-0.3, -0.25) is 9.59 Å². The van der Waals surface area contributed by atoms with Gasteiger partial charge in [-0.25, -0.2) is 0 Å². The van der Waals surface area contributed by atoms with Crippen LogP contribution in [0.4, 0.5) is 5.69 Å². The van der Waals surface area contributed by atoms with Gasteiger partial charge in [0.15, 0.2) is 11.5 Å². The fourth-order valence-electron chi connectivity index (χ4n) is 1.98. The first-order valence-electron chi connectivity index (χ1n) is 6.64. The first kappa shape index (κ1) is 15.2. The first-order valence-corrected chi connectivity index (χ1v) is 6.64. The molecule has 1 aromatic carbocycles. The Balaban J connectivity index is 2.05. The number of carbonyl (C=O) groups excluding carboxylic acids is 1. The minimum Gasteiger partial charge on any atom is -0.481 e. The maximum absolute atomic E-state index is 11.9. The molecule has 21 heavy (non-hydrogen) atoms. The van der Waals surface area contributed by atoms with Crippen LogP contribution in [0.5, 0.6) is 11.5 Å². The molecule has 0 aliphatic carbocycles. The number of carboxylic acids is 1. The third kappa shape index (κ3) is 3.45. The number of carbonyl (C=O) groups is 2. The van der Waals surface area contributed by atoms with Crippen molar-refractivity contribution < 1.29 is 24.2 Å². The van der Waals surface area contributed by atoms with Gasteiger partial charge in [0.2, 0.25) is 11.7 Å². The molecule has 1 amide bonds. The molecule has 0 unspecified atom stereocenters. The van der Waals surface area contributed by atoms with E-state index in [1.807, 2.05) is 0 Å². The predicted molar refractivity (Wildman–Crippen MR) is 76.4 cm³/mol. The summed E-state index contributed by atoms with van der Waals surface area (Å²) in [5.41, 5.74) is -0.566. The van der Waals surface area contributed by atoms with Gasteiger partial charge in [0.05, 0.1) is 5.41 Å². The van der Waals surface area contributed by atoms with Crippen molar-refractivity contribution in [2.75, 3.05) is 5.32 Å². The lowest BCUT2D eigenvalue weighted by Gasteiger charge is -2.18. The van der Waals surface area contributed by atoms with E-state index in [4.69, 9.17) is 14.6 Å². The zero-order chi connectivity index (χ0) is 15.8. The molecule has 114 valence electrons. The Hall–Kier alpha value is -2.24. The van der Waals surface area contributed by atoms with E-state index >= 15 is 0 Å². The highest BCUT2D eigenvalue weighted by atomic mass is 16.7. The number of fused-ring (bicyclic) bond motifs is 1. The fourth-order valence-corrected chi connectivity index (χ4v) is 1.98. The van der Waals surface area contributed by atoms with Crippen LogP contribution in [0.2, 0.25) is 0 Å². The van der Waals surface area contributed by atoms with E-state index in [1.165, 1.54) is 13.8 Å². The lowest BCUT2D eigenvalue weighted by Crippen LogP contribution is -2.29. The summed E-state index contributed by atoms with van der Waals surface area (Å²) < 4.78 is 11.1. The van der Waals surface area contributed by atoms with Gasteiger partial charge in [-0.15, -0.1) is 0 Å². The average Bonchev–Trinajstić information content (AvgIpc) is 2.61. The summed E-state index contributed by atoms with van der Waals surface area (Å²) in [5, 5.41) is 11.7. The summed E-state index contributed by atoms with van der Waals surface area (Å²) in [6.45, 7) is 6.61. The molecule has 6 nitrogen and oxygen atoms in total. The number of benzene rings is 1. The zero-order valence-corrected chi connectivity index (χ0v) is 12.5. The predicted octanol–water partition coefficient (Wildman–Crippen LogP) is 2.63. The van der Waals surface area contributed by atoms with Crippen molar-refractivity contribution in [3.63, 3.8) is 0 Å². The van der Waals surface area contributed by atoms with Gasteiger partial charge < -0.3 is 19.9 Å². The molecule has 1 heterocycles. The number of rotatable bonds is 4. The maximum atomic E-state index is 11.9. The van der Waals surface area contributed by atoms with Crippen LogP contribution in [-0.2, 0) is 9.59 Å². The molecule has 2 rings (SSSR count). The molecule has 6 heteroatoms. The third-order valence-corrected chi connectivity index (χ3v) is 3.12. The van der Waals surface area contributed by atoms with Crippen LogP contribution in [-0.4, -0.2) is 22.8 Å². The lowest BCUT2D eigenvalue weighted by molar-refractivity contribution is -0.148. The first-order chi connectivity index (χ1) is 9.59. The fraction of sp³-hybridized carbons (Fsp3) is 0.467. The highest BCUT2D eigenvalue weighted by Gasteiger charge is 2.32. The SMILES string of the molecule is CC1(C)Oc2ccc(NC(=O)CC(C)(C)C(=O)O)cc2O1. The van der Waals surface area contributed by atoms with Crippen LogP contribution in [0.25, 0.3) is 0 Å². The van der Waals surface area contributed by atoms with Crippen LogP contribution >= 0.6 is 0 Å². The summed E-state index contributed by atoms with van der Waals surface area (Å²) >= 11 is 0. The summed E-state index contributed by atoms with van der Waals surface area (Å²) in [4.78, 5) is 22.9. The smallest absolute Gasteiger partial charge is 0.309 e. The molecule has 0 aromatic heterocycles. The third-order valence-electron chi connectivity index (χ3n) is 3.12. The number of anilines is 1. The second-order valence-electron chi connectivity index (χ2n) is 6.18. The summed E-state index contributed by atoms with van der Waals surface area (Å²) in [6, 6.07) is 5.06. The second-order valence-corrected chi connectivity index (χ2v) is 6.18. The minimum absolute atomic E-state index is 0.109. The Morgan fingerprint density at radius 2 is 1.86 bits per heavy atom. The molecular formula is C15H19NO5. The quantitative estimate of drug-likeness (QED) is 0.891. The highest BCUT2D eigenvalue weighted by molar-refractivity contribution is 5.94. The van der Waals surface area contributed by atoms with E-state index in [9.17, 15) is 9.59 Å². The molecule has 0 bridgehead atoms. The molecule has 0 atom stereocenters. The standard InChI is InChI=1S/C15H19NO5/c1-14(2,13(18)19)8-12(17)16-9-5-6-10-11(7-9)21-15(3,4)20-10/h5-7H,8H2,1-4H3,(H,16,17)(H,18,19). The molecule has 1 aromatic rings. The molecule has 0 saturated heterocycles. The Kier molecular flexibility index (Phi) is 3.57. The van der Waals surface area contributed by atoms with Crippen molar-refractivity contribution >= 4 is 17.6 Å². The van der Waals surface area contributed by atoms with Crippen LogP contribution in [0.15, 0.2) is 18.2 Å². The molecule has 0 spiro atoms. The number of amides is 1. The van der Waals surface area contributed by atoms with Gasteiger partial charge >= 0.3 is 5.97 Å². The Morgan fingerprint density at radius 1 is 1.24 bits per heavy atom. The van der Waals surface area contributed by atoms with Gasteiger partial charge in [-0.05, 0) is 26.0 Å². The zero-order valence-electron chi connectivity index (χ0n) is 12.5. The summed E-state index contributed by atoms with van der Waals surface area (Å²) in [7, 11) is 0. The monoisotopic (exact) mass is 293 g/mol. The minimum atomic E-state index is -1.11. The Bertz CT molecular complexity index is 592. The van der Waals surface area contributed by atoms with Crippen molar-refractivity contribution in [2.45, 2.75) is 39.9 Å². The van der Waals surface area contributed by atoms with Crippen molar-refractivity contribution in [1.29, 1.82) is 0 Å². The number of carboxylic acid groups (broad SMARTS) is 1.